The summed E-state index contributed by atoms with van der Waals surface area (Å²) in [6.07, 6.45) is 4.45. The van der Waals surface area contributed by atoms with E-state index in [-0.39, 0.29) is 11.6 Å². The van der Waals surface area contributed by atoms with E-state index in [2.05, 4.69) is 20.3 Å². The number of thiazole rings is 1. The van der Waals surface area contributed by atoms with Crippen LogP contribution in [0.25, 0.3) is 21.7 Å². The second-order valence-corrected chi connectivity index (χ2v) is 6.47. The average molecular weight is 358 g/mol. The van der Waals surface area contributed by atoms with Crippen LogP contribution < -0.4 is 5.32 Å². The third-order valence-electron chi connectivity index (χ3n) is 3.73. The van der Waals surface area contributed by atoms with E-state index in [4.69, 9.17) is 0 Å². The Morgan fingerprint density at radius 3 is 2.23 bits per heavy atom. The molecule has 5 nitrogen and oxygen atoms in total. The van der Waals surface area contributed by atoms with Crippen LogP contribution in [0.4, 0.5) is 5.13 Å². The normalized spacial score (nSPS) is 10.5. The van der Waals surface area contributed by atoms with Gasteiger partial charge < -0.3 is 0 Å². The van der Waals surface area contributed by atoms with Crippen molar-refractivity contribution in [1.82, 2.24) is 15.0 Å². The van der Waals surface area contributed by atoms with Crippen LogP contribution >= 0.6 is 11.3 Å². The first-order chi connectivity index (χ1) is 12.8. The molecule has 0 aliphatic carbocycles. The number of anilines is 1. The van der Waals surface area contributed by atoms with Crippen LogP contribution in [0.3, 0.4) is 0 Å². The summed E-state index contributed by atoms with van der Waals surface area (Å²) >= 11 is 1.44. The van der Waals surface area contributed by atoms with Crippen LogP contribution in [-0.2, 0) is 0 Å². The van der Waals surface area contributed by atoms with E-state index in [1.54, 1.807) is 0 Å². The maximum Gasteiger partial charge on any atom is 0.277 e. The van der Waals surface area contributed by atoms with Crippen molar-refractivity contribution < 1.29 is 4.79 Å². The van der Waals surface area contributed by atoms with Crippen molar-refractivity contribution in [2.75, 3.05) is 5.32 Å². The molecule has 0 atom stereocenters. The van der Waals surface area contributed by atoms with Gasteiger partial charge in [0.25, 0.3) is 5.91 Å². The van der Waals surface area contributed by atoms with Crippen molar-refractivity contribution in [1.29, 1.82) is 0 Å². The summed E-state index contributed by atoms with van der Waals surface area (Å²) in [4.78, 5) is 26.0. The van der Waals surface area contributed by atoms with Crippen molar-refractivity contribution >= 4 is 22.4 Å². The molecular weight excluding hydrogens is 344 g/mol. The second kappa shape index (κ2) is 7.25. The zero-order valence-corrected chi connectivity index (χ0v) is 14.5. The lowest BCUT2D eigenvalue weighted by atomic mass is 10.1. The lowest BCUT2D eigenvalue weighted by Gasteiger charge is -2.02. The van der Waals surface area contributed by atoms with Crippen molar-refractivity contribution in [2.24, 2.45) is 0 Å². The fourth-order valence-corrected chi connectivity index (χ4v) is 3.52. The summed E-state index contributed by atoms with van der Waals surface area (Å²) in [5, 5.41) is 3.35. The predicted molar refractivity (Wildman–Crippen MR) is 103 cm³/mol. The summed E-state index contributed by atoms with van der Waals surface area (Å²) in [7, 11) is 0. The molecule has 1 amide bonds. The Labute approximate surface area is 154 Å². The number of hydrogen-bond acceptors (Lipinski definition) is 5. The monoisotopic (exact) mass is 358 g/mol. The molecule has 0 fully saturated rings. The fraction of sp³-hybridized carbons (Fsp3) is 0. The molecule has 2 heterocycles. The zero-order chi connectivity index (χ0) is 17.8. The van der Waals surface area contributed by atoms with Gasteiger partial charge in [0.1, 0.15) is 5.69 Å². The molecule has 4 aromatic rings. The molecule has 0 spiro atoms. The standard InChI is InChI=1S/C20H14N4OS/c25-19(16-13-21-11-12-22-16)24-20-23-17(14-7-3-1-4-8-14)18(26-20)15-9-5-2-6-10-15/h1-13H,(H,23,24,25). The van der Waals surface area contributed by atoms with E-state index in [0.717, 1.165) is 21.7 Å². The number of benzene rings is 2. The minimum atomic E-state index is -0.328. The molecule has 0 unspecified atom stereocenters. The lowest BCUT2D eigenvalue weighted by molar-refractivity contribution is 0.102. The molecule has 0 aliphatic rings. The topological polar surface area (TPSA) is 67.8 Å². The van der Waals surface area contributed by atoms with E-state index in [9.17, 15) is 4.79 Å². The van der Waals surface area contributed by atoms with Crippen molar-refractivity contribution in [3.63, 3.8) is 0 Å². The van der Waals surface area contributed by atoms with Crippen LogP contribution in [0.2, 0.25) is 0 Å². The molecule has 2 aromatic carbocycles. The highest BCUT2D eigenvalue weighted by atomic mass is 32.1. The Morgan fingerprint density at radius 2 is 1.58 bits per heavy atom. The number of nitrogens with one attached hydrogen (secondary N) is 1. The first-order valence-corrected chi connectivity index (χ1v) is 8.82. The van der Waals surface area contributed by atoms with Gasteiger partial charge in [-0.25, -0.2) is 9.97 Å². The zero-order valence-electron chi connectivity index (χ0n) is 13.7. The number of nitrogens with zero attached hydrogens (tertiary/aromatic N) is 3. The molecule has 1 N–H and O–H groups in total. The number of carbonyl (C=O) groups excluding carboxylic acids is 1. The third-order valence-corrected chi connectivity index (χ3v) is 4.75. The minimum absolute atomic E-state index is 0.255. The van der Waals surface area contributed by atoms with Gasteiger partial charge >= 0.3 is 0 Å². The number of aromatic nitrogens is 3. The molecule has 0 bridgehead atoms. The number of carbonyl (C=O) groups is 1. The first-order valence-electron chi connectivity index (χ1n) is 8.00. The maximum atomic E-state index is 12.4. The fourth-order valence-electron chi connectivity index (χ4n) is 2.53. The number of hydrogen-bond donors (Lipinski definition) is 1. The van der Waals surface area contributed by atoms with Crippen molar-refractivity contribution in [2.45, 2.75) is 0 Å². The van der Waals surface area contributed by atoms with Gasteiger partial charge in [-0.1, -0.05) is 72.0 Å². The molecule has 4 rings (SSSR count). The first kappa shape index (κ1) is 16.1. The lowest BCUT2D eigenvalue weighted by Crippen LogP contribution is -2.13. The molecule has 0 saturated heterocycles. The van der Waals surface area contributed by atoms with Gasteiger partial charge in [0.05, 0.1) is 16.8 Å². The average Bonchev–Trinajstić information content (AvgIpc) is 3.14. The number of amides is 1. The van der Waals surface area contributed by atoms with E-state index in [1.807, 2.05) is 60.7 Å². The van der Waals surface area contributed by atoms with Crippen molar-refractivity contribution in [3.05, 3.63) is 84.9 Å². The Morgan fingerprint density at radius 1 is 0.885 bits per heavy atom. The van der Waals surface area contributed by atoms with Crippen LogP contribution in [0.5, 0.6) is 0 Å². The smallest absolute Gasteiger partial charge is 0.277 e. The van der Waals surface area contributed by atoms with Gasteiger partial charge in [0, 0.05) is 18.0 Å². The molecule has 2 aromatic heterocycles. The van der Waals surface area contributed by atoms with E-state index in [1.165, 1.54) is 29.9 Å². The summed E-state index contributed by atoms with van der Waals surface area (Å²) in [6, 6.07) is 20.0. The van der Waals surface area contributed by atoms with E-state index in [0.29, 0.717) is 5.13 Å². The summed E-state index contributed by atoms with van der Waals surface area (Å²) in [5.74, 6) is -0.328. The summed E-state index contributed by atoms with van der Waals surface area (Å²) in [6.45, 7) is 0. The van der Waals surface area contributed by atoms with Gasteiger partial charge in [-0.3, -0.25) is 15.1 Å². The quantitative estimate of drug-likeness (QED) is 0.582. The minimum Gasteiger partial charge on any atom is -0.296 e. The molecule has 0 saturated carbocycles. The largest absolute Gasteiger partial charge is 0.296 e. The summed E-state index contributed by atoms with van der Waals surface area (Å²) < 4.78 is 0. The van der Waals surface area contributed by atoms with Gasteiger partial charge in [0.2, 0.25) is 0 Å². The molecule has 0 radical (unpaired) electrons. The third kappa shape index (κ3) is 3.36. The second-order valence-electron chi connectivity index (χ2n) is 5.47. The van der Waals surface area contributed by atoms with Gasteiger partial charge in [-0.2, -0.15) is 0 Å². The van der Waals surface area contributed by atoms with Crippen LogP contribution in [-0.4, -0.2) is 20.9 Å². The Balaban J connectivity index is 1.73. The van der Waals surface area contributed by atoms with E-state index < -0.39 is 0 Å². The van der Waals surface area contributed by atoms with Gasteiger partial charge in [0.15, 0.2) is 5.13 Å². The number of rotatable bonds is 4. The van der Waals surface area contributed by atoms with E-state index >= 15 is 0 Å². The van der Waals surface area contributed by atoms with Gasteiger partial charge in [-0.15, -0.1) is 0 Å². The Hall–Kier alpha value is -3.38. The van der Waals surface area contributed by atoms with Crippen LogP contribution in [0, 0.1) is 0 Å². The Bertz CT molecular complexity index is 961. The van der Waals surface area contributed by atoms with Crippen molar-refractivity contribution in [3.8, 4) is 21.7 Å². The van der Waals surface area contributed by atoms with Gasteiger partial charge in [-0.05, 0) is 5.56 Å². The molecule has 0 aliphatic heterocycles. The molecular formula is C20H14N4OS. The SMILES string of the molecule is O=C(Nc1nc(-c2ccccc2)c(-c2ccccc2)s1)c1cnccn1. The Kier molecular flexibility index (Phi) is 4.49. The van der Waals surface area contributed by atoms with Crippen LogP contribution in [0.1, 0.15) is 10.5 Å². The predicted octanol–water partition coefficient (Wildman–Crippen LogP) is 4.52. The molecule has 6 heteroatoms. The highest BCUT2D eigenvalue weighted by molar-refractivity contribution is 7.19. The highest BCUT2D eigenvalue weighted by Gasteiger charge is 2.17. The maximum absolute atomic E-state index is 12.4. The highest BCUT2D eigenvalue weighted by Crippen LogP contribution is 2.38. The molecule has 26 heavy (non-hydrogen) atoms. The molecule has 126 valence electrons. The van der Waals surface area contributed by atoms with Crippen LogP contribution in [0.15, 0.2) is 79.3 Å². The summed E-state index contributed by atoms with van der Waals surface area (Å²) in [5.41, 5.74) is 3.16.